The van der Waals surface area contributed by atoms with Crippen molar-refractivity contribution >= 4 is 25.7 Å². The maximum absolute atomic E-state index is 12.6. The Morgan fingerprint density at radius 2 is 0.964 bits per heavy atom. The van der Waals surface area contributed by atoms with Gasteiger partial charge in [-0.15, -0.1) is 0 Å². The SMILES string of the molecule is CCCCCC/C=C/CCCCCCCCCC(=O)OC[C@H](COP(=O)(O)OC[C@H](N)C(=O)O)OC(=O)CCC/C=C/C/C=C/C/C=C/CCCCCCCC. The third-order valence-corrected chi connectivity index (χ3v) is 10.0. The molecule has 0 rings (SSSR count). The van der Waals surface area contributed by atoms with Gasteiger partial charge in [0.25, 0.3) is 0 Å². The van der Waals surface area contributed by atoms with Gasteiger partial charge in [-0.25, -0.2) is 4.57 Å². The van der Waals surface area contributed by atoms with E-state index in [1.54, 1.807) is 0 Å². The molecule has 0 saturated carbocycles. The first-order valence-electron chi connectivity index (χ1n) is 21.7. The zero-order valence-electron chi connectivity index (χ0n) is 35.0. The van der Waals surface area contributed by atoms with Crippen molar-refractivity contribution in [3.63, 3.8) is 0 Å². The molecule has 0 aromatic carbocycles. The number of ether oxygens (including phenoxy) is 2. The normalized spacial score (nSPS) is 14.2. The van der Waals surface area contributed by atoms with Crippen LogP contribution in [0.4, 0.5) is 0 Å². The Hall–Kier alpha value is -2.56. The van der Waals surface area contributed by atoms with E-state index in [9.17, 15) is 23.8 Å². The van der Waals surface area contributed by atoms with E-state index >= 15 is 0 Å². The molecule has 0 saturated heterocycles. The number of phosphoric acid groups is 1. The van der Waals surface area contributed by atoms with Crippen molar-refractivity contribution in [2.45, 2.75) is 193 Å². The van der Waals surface area contributed by atoms with Gasteiger partial charge in [-0.3, -0.25) is 23.4 Å². The molecule has 0 aliphatic heterocycles. The standard InChI is InChI=1S/C44H78NO10P/c1-3-5-7-9-11-13-15-17-19-20-22-24-26-28-30-32-34-36-43(47)55-40(38-53-56(50,51)54-39-41(45)44(48)49)37-52-42(46)35-33-31-29-27-25-23-21-18-16-14-12-10-8-6-4-2/h14,16-17,19,22,24,28,30,40-41H,3-13,15,18,20-21,23,25-27,29,31-39,45H2,1-2H3,(H,48,49)(H,50,51)/b16-14+,19-17+,24-22+,30-28+/t40-,41+/m1/s1. The highest BCUT2D eigenvalue weighted by atomic mass is 31.2. The second-order valence-electron chi connectivity index (χ2n) is 14.5. The zero-order valence-corrected chi connectivity index (χ0v) is 35.9. The molecule has 0 fully saturated rings. The van der Waals surface area contributed by atoms with Crippen LogP contribution in [0.5, 0.6) is 0 Å². The molecule has 12 heteroatoms. The van der Waals surface area contributed by atoms with Crippen molar-refractivity contribution in [2.75, 3.05) is 19.8 Å². The number of phosphoric ester groups is 1. The topological polar surface area (TPSA) is 172 Å². The van der Waals surface area contributed by atoms with Crippen LogP contribution < -0.4 is 5.73 Å². The average Bonchev–Trinajstić information content (AvgIpc) is 3.17. The second kappa shape index (κ2) is 39.3. The molecule has 3 atom stereocenters. The minimum absolute atomic E-state index is 0.0879. The fourth-order valence-electron chi connectivity index (χ4n) is 5.60. The summed E-state index contributed by atoms with van der Waals surface area (Å²) >= 11 is 0. The van der Waals surface area contributed by atoms with Crippen LogP contribution in [0, 0.1) is 0 Å². The summed E-state index contributed by atoms with van der Waals surface area (Å²) in [7, 11) is -4.73. The highest BCUT2D eigenvalue weighted by molar-refractivity contribution is 7.47. The number of hydrogen-bond acceptors (Lipinski definition) is 9. The van der Waals surface area contributed by atoms with Crippen LogP contribution in [0.3, 0.4) is 0 Å². The summed E-state index contributed by atoms with van der Waals surface area (Å²) < 4.78 is 32.6. The molecule has 0 aromatic rings. The van der Waals surface area contributed by atoms with Gasteiger partial charge in [0.15, 0.2) is 6.10 Å². The third-order valence-electron chi connectivity index (χ3n) is 9.05. The summed E-state index contributed by atoms with van der Waals surface area (Å²) in [6, 6.07) is -1.53. The minimum atomic E-state index is -4.73. The van der Waals surface area contributed by atoms with E-state index in [0.29, 0.717) is 19.3 Å². The Morgan fingerprint density at radius 3 is 1.50 bits per heavy atom. The lowest BCUT2D eigenvalue weighted by Gasteiger charge is -2.20. The van der Waals surface area contributed by atoms with Gasteiger partial charge in [-0.2, -0.15) is 0 Å². The van der Waals surface area contributed by atoms with Crippen LogP contribution in [0.25, 0.3) is 0 Å². The molecule has 1 unspecified atom stereocenters. The quantitative estimate of drug-likeness (QED) is 0.0233. The number of carbonyl (C=O) groups is 3. The number of nitrogens with two attached hydrogens (primary N) is 1. The van der Waals surface area contributed by atoms with Crippen LogP contribution >= 0.6 is 7.82 Å². The van der Waals surface area contributed by atoms with Crippen LogP contribution in [0.2, 0.25) is 0 Å². The summed E-state index contributed by atoms with van der Waals surface area (Å²) in [5, 5.41) is 8.88. The van der Waals surface area contributed by atoms with Gasteiger partial charge in [-0.05, 0) is 70.6 Å². The number of unbranched alkanes of at least 4 members (excludes halogenated alkanes) is 18. The first-order valence-corrected chi connectivity index (χ1v) is 23.2. The summed E-state index contributed by atoms with van der Waals surface area (Å²) in [6.45, 7) is 2.72. The van der Waals surface area contributed by atoms with Crippen molar-refractivity contribution in [3.8, 4) is 0 Å². The molecule has 0 heterocycles. The Balaban J connectivity index is 4.47. The summed E-state index contributed by atoms with van der Waals surface area (Å²) in [6.07, 6.45) is 43.2. The molecule has 4 N–H and O–H groups in total. The lowest BCUT2D eigenvalue weighted by Crippen LogP contribution is -2.34. The highest BCUT2D eigenvalue weighted by Gasteiger charge is 2.28. The monoisotopic (exact) mass is 812 g/mol. The number of esters is 2. The van der Waals surface area contributed by atoms with Crippen LogP contribution in [-0.2, 0) is 37.5 Å². The van der Waals surface area contributed by atoms with Gasteiger partial charge >= 0.3 is 25.7 Å². The largest absolute Gasteiger partial charge is 0.480 e. The van der Waals surface area contributed by atoms with E-state index in [-0.39, 0.29) is 19.4 Å². The fourth-order valence-corrected chi connectivity index (χ4v) is 6.38. The van der Waals surface area contributed by atoms with Crippen LogP contribution in [-0.4, -0.2) is 59.9 Å². The lowest BCUT2D eigenvalue weighted by atomic mass is 10.1. The highest BCUT2D eigenvalue weighted by Crippen LogP contribution is 2.43. The van der Waals surface area contributed by atoms with Gasteiger partial charge in [0.2, 0.25) is 0 Å². The molecule has 0 aromatic heterocycles. The molecular weight excluding hydrogens is 733 g/mol. The van der Waals surface area contributed by atoms with Crippen molar-refractivity contribution in [1.82, 2.24) is 0 Å². The Labute approximate surface area is 339 Å². The molecule has 0 aliphatic rings. The maximum atomic E-state index is 12.6. The van der Waals surface area contributed by atoms with E-state index in [1.807, 2.05) is 12.2 Å². The summed E-state index contributed by atoms with van der Waals surface area (Å²) in [5.74, 6) is -2.45. The molecule has 0 radical (unpaired) electrons. The average molecular weight is 812 g/mol. The van der Waals surface area contributed by atoms with Gasteiger partial charge in [0.1, 0.15) is 12.6 Å². The fraction of sp³-hybridized carbons (Fsp3) is 0.750. The Morgan fingerprint density at radius 1 is 0.554 bits per heavy atom. The maximum Gasteiger partial charge on any atom is 0.472 e. The summed E-state index contributed by atoms with van der Waals surface area (Å²) in [5.41, 5.74) is 5.33. The first-order chi connectivity index (χ1) is 27.1. The molecule has 0 bridgehead atoms. The van der Waals surface area contributed by atoms with E-state index in [2.05, 4.69) is 54.8 Å². The zero-order chi connectivity index (χ0) is 41.4. The molecule has 56 heavy (non-hydrogen) atoms. The first kappa shape index (κ1) is 53.4. The number of allylic oxidation sites excluding steroid dienone is 8. The molecule has 0 spiro atoms. The summed E-state index contributed by atoms with van der Waals surface area (Å²) in [4.78, 5) is 45.9. The number of hydrogen-bond donors (Lipinski definition) is 3. The van der Waals surface area contributed by atoms with Crippen LogP contribution in [0.1, 0.15) is 181 Å². The third kappa shape index (κ3) is 38.3. The number of aliphatic carboxylic acids is 1. The van der Waals surface area contributed by atoms with Gasteiger partial charge in [-0.1, -0.05) is 146 Å². The molecular formula is C44H78NO10P. The van der Waals surface area contributed by atoms with E-state index in [1.165, 1.54) is 89.9 Å². The number of carboxylic acids is 1. The molecule has 0 amide bonds. The molecule has 324 valence electrons. The van der Waals surface area contributed by atoms with Gasteiger partial charge in [0.05, 0.1) is 13.2 Å². The number of rotatable bonds is 40. The lowest BCUT2D eigenvalue weighted by molar-refractivity contribution is -0.161. The Kier molecular flexibility index (Phi) is 37.5. The predicted molar refractivity (Wildman–Crippen MR) is 226 cm³/mol. The van der Waals surface area contributed by atoms with Crippen molar-refractivity contribution < 1.29 is 47.5 Å². The second-order valence-corrected chi connectivity index (χ2v) is 15.9. The number of carboxylic acid groups (broad SMARTS) is 1. The van der Waals surface area contributed by atoms with Crippen molar-refractivity contribution in [1.29, 1.82) is 0 Å². The van der Waals surface area contributed by atoms with Gasteiger partial charge in [0, 0.05) is 12.8 Å². The van der Waals surface area contributed by atoms with Crippen molar-refractivity contribution in [2.24, 2.45) is 5.73 Å². The van der Waals surface area contributed by atoms with Crippen LogP contribution in [0.15, 0.2) is 48.6 Å². The van der Waals surface area contributed by atoms with E-state index in [0.717, 1.165) is 44.9 Å². The van der Waals surface area contributed by atoms with Gasteiger partial charge < -0.3 is 25.2 Å². The predicted octanol–water partition coefficient (Wildman–Crippen LogP) is 11.4. The van der Waals surface area contributed by atoms with E-state index < -0.39 is 51.1 Å². The smallest absolute Gasteiger partial charge is 0.472 e. The number of carbonyl (C=O) groups excluding carboxylic acids is 2. The van der Waals surface area contributed by atoms with E-state index in [4.69, 9.17) is 24.8 Å². The molecule has 0 aliphatic carbocycles. The van der Waals surface area contributed by atoms with Crippen molar-refractivity contribution in [3.05, 3.63) is 48.6 Å². The Bertz CT molecular complexity index is 1140. The minimum Gasteiger partial charge on any atom is -0.480 e. The molecule has 11 nitrogen and oxygen atoms in total.